The van der Waals surface area contributed by atoms with E-state index in [1.807, 2.05) is 20.8 Å². The van der Waals surface area contributed by atoms with Gasteiger partial charge in [0.1, 0.15) is 5.60 Å². The van der Waals surface area contributed by atoms with Crippen LogP contribution < -0.4 is 11.1 Å². The molecule has 0 aliphatic carbocycles. The van der Waals surface area contributed by atoms with Crippen LogP contribution in [0.3, 0.4) is 0 Å². The second kappa shape index (κ2) is 10.3. The second-order valence-corrected chi connectivity index (χ2v) is 5.69. The van der Waals surface area contributed by atoms with Crippen molar-refractivity contribution in [1.29, 1.82) is 0 Å². The van der Waals surface area contributed by atoms with Gasteiger partial charge in [-0.1, -0.05) is 18.9 Å². The normalized spacial score (nSPS) is 12.1. The highest BCUT2D eigenvalue weighted by molar-refractivity contribution is 5.77. The zero-order chi connectivity index (χ0) is 15.4. The summed E-state index contributed by atoms with van der Waals surface area (Å²) in [6, 6.07) is 0. The van der Waals surface area contributed by atoms with Crippen LogP contribution in [0.1, 0.15) is 52.9 Å². The van der Waals surface area contributed by atoms with E-state index in [2.05, 4.69) is 16.9 Å². The molecule has 20 heavy (non-hydrogen) atoms. The lowest BCUT2D eigenvalue weighted by Gasteiger charge is -2.19. The average molecular weight is 283 g/mol. The fraction of sp³-hybridized carbons (Fsp3) is 0.733. The van der Waals surface area contributed by atoms with Crippen molar-refractivity contribution in [2.45, 2.75) is 58.5 Å². The third-order valence-corrected chi connectivity index (χ3v) is 2.42. The fourth-order valence-electron chi connectivity index (χ4n) is 1.56. The van der Waals surface area contributed by atoms with Gasteiger partial charge in [-0.2, -0.15) is 0 Å². The smallest absolute Gasteiger partial charge is 0.306 e. The van der Waals surface area contributed by atoms with Gasteiger partial charge < -0.3 is 15.8 Å². The van der Waals surface area contributed by atoms with Gasteiger partial charge in [0, 0.05) is 19.5 Å². The zero-order valence-corrected chi connectivity index (χ0v) is 13.1. The van der Waals surface area contributed by atoms with Crippen LogP contribution in [0.25, 0.3) is 0 Å². The first-order valence-electron chi connectivity index (χ1n) is 7.21. The van der Waals surface area contributed by atoms with Crippen LogP contribution in [0, 0.1) is 0 Å². The summed E-state index contributed by atoms with van der Waals surface area (Å²) in [7, 11) is 0. The van der Waals surface area contributed by atoms with Gasteiger partial charge in [0.15, 0.2) is 5.96 Å². The number of guanidine groups is 1. The molecule has 0 aromatic heterocycles. The molecule has 5 nitrogen and oxygen atoms in total. The Labute approximate surface area is 122 Å². The zero-order valence-electron chi connectivity index (χ0n) is 13.1. The highest BCUT2D eigenvalue weighted by Crippen LogP contribution is 2.11. The van der Waals surface area contributed by atoms with Gasteiger partial charge in [0.25, 0.3) is 0 Å². The van der Waals surface area contributed by atoms with Crippen LogP contribution in [0.15, 0.2) is 17.6 Å². The number of nitrogens with one attached hydrogen (secondary N) is 1. The van der Waals surface area contributed by atoms with E-state index < -0.39 is 0 Å². The molecule has 3 N–H and O–H groups in total. The van der Waals surface area contributed by atoms with Crippen LogP contribution in [-0.4, -0.2) is 30.6 Å². The van der Waals surface area contributed by atoms with E-state index in [1.165, 1.54) is 0 Å². The first-order chi connectivity index (χ1) is 9.35. The largest absolute Gasteiger partial charge is 0.460 e. The van der Waals surface area contributed by atoms with Crippen molar-refractivity contribution in [1.82, 2.24) is 5.32 Å². The Kier molecular flexibility index (Phi) is 9.51. The molecule has 0 saturated heterocycles. The molecule has 0 saturated carbocycles. The first-order valence-corrected chi connectivity index (χ1v) is 7.21. The number of rotatable bonds is 9. The predicted molar refractivity (Wildman–Crippen MR) is 83.6 cm³/mol. The number of nitrogens with zero attached hydrogens (tertiary/aromatic N) is 1. The van der Waals surface area contributed by atoms with Crippen LogP contribution in [0.4, 0.5) is 0 Å². The van der Waals surface area contributed by atoms with Crippen molar-refractivity contribution in [2.24, 2.45) is 10.7 Å². The van der Waals surface area contributed by atoms with Crippen molar-refractivity contribution in [3.63, 3.8) is 0 Å². The van der Waals surface area contributed by atoms with E-state index >= 15 is 0 Å². The van der Waals surface area contributed by atoms with Crippen molar-refractivity contribution < 1.29 is 9.53 Å². The van der Waals surface area contributed by atoms with Gasteiger partial charge in [-0.15, -0.1) is 6.58 Å². The summed E-state index contributed by atoms with van der Waals surface area (Å²) in [6.07, 6.45) is 6.12. The number of carbonyl (C=O) groups excluding carboxylic acids is 1. The summed E-state index contributed by atoms with van der Waals surface area (Å²) in [4.78, 5) is 15.6. The van der Waals surface area contributed by atoms with Crippen molar-refractivity contribution in [3.8, 4) is 0 Å². The van der Waals surface area contributed by atoms with Crippen molar-refractivity contribution >= 4 is 11.9 Å². The molecule has 0 spiro atoms. The maximum absolute atomic E-state index is 11.5. The van der Waals surface area contributed by atoms with E-state index in [9.17, 15) is 4.79 Å². The minimum absolute atomic E-state index is 0.117. The molecule has 0 radical (unpaired) electrons. The number of hydrogen-bond acceptors (Lipinski definition) is 3. The number of ether oxygens (including phenoxy) is 1. The number of unbranched alkanes of at least 4 members (excludes halogenated alkanes) is 3. The van der Waals surface area contributed by atoms with E-state index in [0.29, 0.717) is 25.5 Å². The Balaban J connectivity index is 3.49. The Morgan fingerprint density at radius 2 is 1.95 bits per heavy atom. The summed E-state index contributed by atoms with van der Waals surface area (Å²) in [5, 5.41) is 2.92. The molecular weight excluding hydrogens is 254 g/mol. The van der Waals surface area contributed by atoms with E-state index in [-0.39, 0.29) is 11.6 Å². The van der Waals surface area contributed by atoms with E-state index in [0.717, 1.165) is 25.7 Å². The molecular formula is C15H29N3O2. The molecule has 0 rings (SSSR count). The number of carbonyl (C=O) groups is 1. The average Bonchev–Trinajstić information content (AvgIpc) is 2.33. The molecule has 0 atom stereocenters. The van der Waals surface area contributed by atoms with Gasteiger partial charge in [0.2, 0.25) is 0 Å². The quantitative estimate of drug-likeness (QED) is 0.224. The second-order valence-electron chi connectivity index (χ2n) is 5.69. The Morgan fingerprint density at radius 1 is 1.30 bits per heavy atom. The van der Waals surface area contributed by atoms with Crippen LogP contribution in [0.2, 0.25) is 0 Å². The van der Waals surface area contributed by atoms with E-state index in [4.69, 9.17) is 10.5 Å². The molecule has 0 bridgehead atoms. The number of esters is 1. The van der Waals surface area contributed by atoms with Crippen molar-refractivity contribution in [2.75, 3.05) is 13.1 Å². The first kappa shape index (κ1) is 18.5. The predicted octanol–water partition coefficient (Wildman–Crippen LogP) is 2.37. The number of hydrogen-bond donors (Lipinski definition) is 2. The molecule has 5 heteroatoms. The third kappa shape index (κ3) is 12.9. The molecule has 0 aliphatic heterocycles. The van der Waals surface area contributed by atoms with Crippen LogP contribution in [-0.2, 0) is 9.53 Å². The monoisotopic (exact) mass is 283 g/mol. The lowest BCUT2D eigenvalue weighted by Crippen LogP contribution is -2.31. The highest BCUT2D eigenvalue weighted by atomic mass is 16.6. The number of aliphatic imine (C=N–C) groups is 1. The molecule has 116 valence electrons. The highest BCUT2D eigenvalue weighted by Gasteiger charge is 2.15. The standard InChI is InChI=1S/C15H29N3O2/c1-5-11-17-14(16)18-12-9-7-6-8-10-13(19)20-15(2,3)4/h5H,1,6-12H2,2-4H3,(H3,16,17,18). The molecule has 0 amide bonds. The lowest BCUT2D eigenvalue weighted by atomic mass is 10.1. The molecule has 0 unspecified atom stereocenters. The topological polar surface area (TPSA) is 76.7 Å². The molecule has 0 fully saturated rings. The fourth-order valence-corrected chi connectivity index (χ4v) is 1.56. The van der Waals surface area contributed by atoms with Gasteiger partial charge in [-0.3, -0.25) is 9.79 Å². The van der Waals surface area contributed by atoms with Gasteiger partial charge in [0.05, 0.1) is 0 Å². The summed E-state index contributed by atoms with van der Waals surface area (Å²) in [5.74, 6) is 0.340. The minimum Gasteiger partial charge on any atom is -0.460 e. The molecule has 0 heterocycles. The van der Waals surface area contributed by atoms with Gasteiger partial charge >= 0.3 is 5.97 Å². The SMILES string of the molecule is C=CCNC(N)=NCCCCCCC(=O)OC(C)(C)C. The van der Waals surface area contributed by atoms with Crippen molar-refractivity contribution in [3.05, 3.63) is 12.7 Å². The van der Waals surface area contributed by atoms with Crippen LogP contribution >= 0.6 is 0 Å². The molecule has 0 aliphatic rings. The number of nitrogens with two attached hydrogens (primary N) is 1. The van der Waals surface area contributed by atoms with Gasteiger partial charge in [-0.05, 0) is 33.6 Å². The Hall–Kier alpha value is -1.52. The maximum Gasteiger partial charge on any atom is 0.306 e. The summed E-state index contributed by atoms with van der Waals surface area (Å²) in [5.41, 5.74) is 5.24. The summed E-state index contributed by atoms with van der Waals surface area (Å²) >= 11 is 0. The Bertz CT molecular complexity index is 320. The lowest BCUT2D eigenvalue weighted by molar-refractivity contribution is -0.154. The van der Waals surface area contributed by atoms with Gasteiger partial charge in [-0.25, -0.2) is 0 Å². The maximum atomic E-state index is 11.5. The molecule has 0 aromatic carbocycles. The minimum atomic E-state index is -0.387. The van der Waals surface area contributed by atoms with Crippen LogP contribution in [0.5, 0.6) is 0 Å². The van der Waals surface area contributed by atoms with E-state index in [1.54, 1.807) is 6.08 Å². The Morgan fingerprint density at radius 3 is 2.55 bits per heavy atom. The molecule has 0 aromatic rings. The third-order valence-electron chi connectivity index (χ3n) is 2.42. The summed E-state index contributed by atoms with van der Waals surface area (Å²) in [6.45, 7) is 10.6. The summed E-state index contributed by atoms with van der Waals surface area (Å²) < 4.78 is 5.24.